The van der Waals surface area contributed by atoms with E-state index < -0.39 is 0 Å². The zero-order chi connectivity index (χ0) is 12.3. The van der Waals surface area contributed by atoms with Crippen LogP contribution in [-0.2, 0) is 0 Å². The molecular weight excluding hydrogens is 232 g/mol. The molecule has 1 aliphatic carbocycles. The molecule has 0 aliphatic heterocycles. The molecule has 0 amide bonds. The Morgan fingerprint density at radius 3 is 2.71 bits per heavy atom. The lowest BCUT2D eigenvalue weighted by Gasteiger charge is -2.28. The van der Waals surface area contributed by atoms with Crippen LogP contribution in [-0.4, -0.2) is 27.5 Å². The van der Waals surface area contributed by atoms with E-state index in [2.05, 4.69) is 21.5 Å². The molecule has 94 valence electrons. The minimum Gasteiger partial charge on any atom is -0.368 e. The van der Waals surface area contributed by atoms with Crippen molar-refractivity contribution in [3.63, 3.8) is 0 Å². The van der Waals surface area contributed by atoms with E-state index in [1.807, 2.05) is 18.7 Å². The Kier molecular flexibility index (Phi) is 4.10. The number of anilines is 2. The second-order valence-electron chi connectivity index (χ2n) is 4.61. The predicted octanol–water partition coefficient (Wildman–Crippen LogP) is 2.45. The third-order valence-corrected chi connectivity index (χ3v) is 4.48. The third-order valence-electron chi connectivity index (χ3n) is 3.34. The van der Waals surface area contributed by atoms with Crippen molar-refractivity contribution in [3.8, 4) is 0 Å². The van der Waals surface area contributed by atoms with Gasteiger partial charge in [0.1, 0.15) is 5.82 Å². The van der Waals surface area contributed by atoms with Gasteiger partial charge in [-0.3, -0.25) is 0 Å². The number of nitrogens with zero attached hydrogens (tertiary/aromatic N) is 2. The van der Waals surface area contributed by atoms with Crippen molar-refractivity contribution in [3.05, 3.63) is 11.8 Å². The predicted molar refractivity (Wildman–Crippen MR) is 74.4 cm³/mol. The Bertz CT molecular complexity index is 375. The van der Waals surface area contributed by atoms with E-state index in [1.54, 1.807) is 6.20 Å². The monoisotopic (exact) mass is 252 g/mol. The summed E-state index contributed by atoms with van der Waals surface area (Å²) in [5.74, 6) is 1.24. The van der Waals surface area contributed by atoms with Gasteiger partial charge in [-0.2, -0.15) is 16.7 Å². The van der Waals surface area contributed by atoms with E-state index in [0.717, 1.165) is 16.6 Å². The summed E-state index contributed by atoms with van der Waals surface area (Å²) in [5, 5.41) is 4.33. The van der Waals surface area contributed by atoms with Crippen LogP contribution in [0.25, 0.3) is 0 Å². The number of hydrogen-bond donors (Lipinski definition) is 2. The highest BCUT2D eigenvalue weighted by atomic mass is 32.2. The maximum absolute atomic E-state index is 5.61. The SMILES string of the molecule is CSC1CCC(Nc2nc(N)ncc2C)CC1. The Labute approximate surface area is 107 Å². The molecule has 0 saturated heterocycles. The van der Waals surface area contributed by atoms with Crippen LogP contribution in [0.4, 0.5) is 11.8 Å². The number of thioether (sulfide) groups is 1. The Morgan fingerprint density at radius 2 is 2.06 bits per heavy atom. The zero-order valence-electron chi connectivity index (χ0n) is 10.4. The zero-order valence-corrected chi connectivity index (χ0v) is 11.3. The Hall–Kier alpha value is -0.970. The van der Waals surface area contributed by atoms with Gasteiger partial charge in [0.25, 0.3) is 0 Å². The number of nitrogens with two attached hydrogens (primary N) is 1. The molecule has 1 fully saturated rings. The highest BCUT2D eigenvalue weighted by Crippen LogP contribution is 2.28. The van der Waals surface area contributed by atoms with E-state index in [9.17, 15) is 0 Å². The highest BCUT2D eigenvalue weighted by Gasteiger charge is 2.20. The summed E-state index contributed by atoms with van der Waals surface area (Å²) >= 11 is 1.99. The first kappa shape index (κ1) is 12.5. The summed E-state index contributed by atoms with van der Waals surface area (Å²) < 4.78 is 0. The van der Waals surface area contributed by atoms with Crippen molar-refractivity contribution < 1.29 is 0 Å². The molecule has 1 aromatic heterocycles. The van der Waals surface area contributed by atoms with Gasteiger partial charge in [-0.15, -0.1) is 0 Å². The van der Waals surface area contributed by atoms with E-state index in [4.69, 9.17) is 5.73 Å². The molecule has 0 unspecified atom stereocenters. The van der Waals surface area contributed by atoms with Crippen LogP contribution in [0.2, 0.25) is 0 Å². The van der Waals surface area contributed by atoms with Crippen LogP contribution in [0.5, 0.6) is 0 Å². The maximum Gasteiger partial charge on any atom is 0.221 e. The van der Waals surface area contributed by atoms with Crippen LogP contribution in [0.15, 0.2) is 6.20 Å². The molecule has 0 aromatic carbocycles. The summed E-state index contributed by atoms with van der Waals surface area (Å²) in [6.45, 7) is 2.01. The van der Waals surface area contributed by atoms with Crippen LogP contribution in [0.3, 0.4) is 0 Å². The minimum atomic E-state index is 0.343. The smallest absolute Gasteiger partial charge is 0.221 e. The fraction of sp³-hybridized carbons (Fsp3) is 0.667. The number of rotatable bonds is 3. The van der Waals surface area contributed by atoms with E-state index in [1.165, 1.54) is 25.7 Å². The van der Waals surface area contributed by atoms with E-state index >= 15 is 0 Å². The average molecular weight is 252 g/mol. The van der Waals surface area contributed by atoms with Crippen molar-refractivity contribution in [2.45, 2.75) is 43.9 Å². The van der Waals surface area contributed by atoms with Gasteiger partial charge in [0.15, 0.2) is 0 Å². The first-order valence-electron chi connectivity index (χ1n) is 6.07. The molecule has 1 aliphatic rings. The summed E-state index contributed by atoms with van der Waals surface area (Å²) in [5.41, 5.74) is 6.67. The van der Waals surface area contributed by atoms with Gasteiger partial charge in [-0.05, 0) is 38.9 Å². The first-order chi connectivity index (χ1) is 8.19. The molecular formula is C12H20N4S. The van der Waals surface area contributed by atoms with Gasteiger partial charge in [-0.25, -0.2) is 4.98 Å². The van der Waals surface area contributed by atoms with Gasteiger partial charge in [0, 0.05) is 23.1 Å². The topological polar surface area (TPSA) is 63.8 Å². The van der Waals surface area contributed by atoms with Gasteiger partial charge in [0.2, 0.25) is 5.95 Å². The number of aromatic nitrogens is 2. The average Bonchev–Trinajstić information content (AvgIpc) is 2.35. The minimum absolute atomic E-state index is 0.343. The molecule has 0 radical (unpaired) electrons. The van der Waals surface area contributed by atoms with Crippen molar-refractivity contribution >= 4 is 23.5 Å². The van der Waals surface area contributed by atoms with Crippen molar-refractivity contribution in [1.29, 1.82) is 0 Å². The molecule has 3 N–H and O–H groups in total. The van der Waals surface area contributed by atoms with E-state index in [-0.39, 0.29) is 0 Å². The highest BCUT2D eigenvalue weighted by molar-refractivity contribution is 7.99. The quantitative estimate of drug-likeness (QED) is 0.865. The van der Waals surface area contributed by atoms with Crippen LogP contribution >= 0.6 is 11.8 Å². The van der Waals surface area contributed by atoms with Crippen molar-refractivity contribution in [2.75, 3.05) is 17.3 Å². The van der Waals surface area contributed by atoms with Crippen molar-refractivity contribution in [1.82, 2.24) is 9.97 Å². The molecule has 5 heteroatoms. The Morgan fingerprint density at radius 1 is 1.35 bits per heavy atom. The van der Waals surface area contributed by atoms with E-state index in [0.29, 0.717) is 12.0 Å². The molecule has 0 atom stereocenters. The molecule has 0 bridgehead atoms. The lowest BCUT2D eigenvalue weighted by Crippen LogP contribution is -2.28. The maximum atomic E-state index is 5.61. The van der Waals surface area contributed by atoms with Gasteiger partial charge in [-0.1, -0.05) is 0 Å². The van der Waals surface area contributed by atoms with Crippen LogP contribution < -0.4 is 11.1 Å². The molecule has 1 aromatic rings. The largest absolute Gasteiger partial charge is 0.368 e. The molecule has 1 heterocycles. The number of nitrogens with one attached hydrogen (secondary N) is 1. The number of nitrogen functional groups attached to an aromatic ring is 1. The summed E-state index contributed by atoms with van der Waals surface area (Å²) in [7, 11) is 0. The fourth-order valence-corrected chi connectivity index (χ4v) is 2.98. The third kappa shape index (κ3) is 3.25. The molecule has 0 spiro atoms. The number of aryl methyl sites for hydroxylation is 1. The molecule has 2 rings (SSSR count). The van der Waals surface area contributed by atoms with Crippen LogP contribution in [0, 0.1) is 6.92 Å². The molecule has 17 heavy (non-hydrogen) atoms. The summed E-state index contributed by atoms with van der Waals surface area (Å²) in [4.78, 5) is 8.24. The van der Waals surface area contributed by atoms with Gasteiger partial charge >= 0.3 is 0 Å². The summed E-state index contributed by atoms with van der Waals surface area (Å²) in [6, 6.07) is 0.534. The molecule has 1 saturated carbocycles. The number of hydrogen-bond acceptors (Lipinski definition) is 5. The lowest BCUT2D eigenvalue weighted by molar-refractivity contribution is 0.472. The second kappa shape index (κ2) is 5.58. The van der Waals surface area contributed by atoms with Gasteiger partial charge < -0.3 is 11.1 Å². The van der Waals surface area contributed by atoms with Crippen LogP contribution in [0.1, 0.15) is 31.2 Å². The van der Waals surface area contributed by atoms with Crippen molar-refractivity contribution in [2.24, 2.45) is 0 Å². The first-order valence-corrected chi connectivity index (χ1v) is 7.36. The lowest BCUT2D eigenvalue weighted by atomic mass is 9.95. The molecule has 4 nitrogen and oxygen atoms in total. The standard InChI is InChI=1S/C12H20N4S/c1-8-7-14-12(13)16-11(8)15-9-3-5-10(17-2)6-4-9/h7,9-10H,3-6H2,1-2H3,(H3,13,14,15,16). The summed E-state index contributed by atoms with van der Waals surface area (Å²) in [6.07, 6.45) is 8.99. The second-order valence-corrected chi connectivity index (χ2v) is 5.75. The Balaban J connectivity index is 1.95. The van der Waals surface area contributed by atoms with Gasteiger partial charge in [0.05, 0.1) is 0 Å². The normalized spacial score (nSPS) is 24.6. The fourth-order valence-electron chi connectivity index (χ4n) is 2.24.